The van der Waals surface area contributed by atoms with Gasteiger partial charge in [0.1, 0.15) is 17.8 Å². The van der Waals surface area contributed by atoms with Crippen LogP contribution in [0.25, 0.3) is 0 Å². The summed E-state index contributed by atoms with van der Waals surface area (Å²) in [6.45, 7) is 0. The molecule has 2 aromatic rings. The van der Waals surface area contributed by atoms with Gasteiger partial charge < -0.3 is 10.8 Å². The predicted octanol–water partition coefficient (Wildman–Crippen LogP) is 1.87. The van der Waals surface area contributed by atoms with E-state index in [0.29, 0.717) is 0 Å². The number of nitrogens with zero attached hydrogens (tertiary/aromatic N) is 2. The SMILES string of the molecule is Nc1cc(S(=O)(=O)Nc2c(Cl)ncnc2Cl)ccc1O. The number of phenolic OH excluding ortho intramolecular Hbond substituents is 1. The zero-order chi connectivity index (χ0) is 14.9. The van der Waals surface area contributed by atoms with Crippen LogP contribution in [0.2, 0.25) is 10.3 Å². The fourth-order valence-electron chi connectivity index (χ4n) is 1.32. The molecule has 0 saturated heterocycles. The molecule has 0 aliphatic carbocycles. The Morgan fingerprint density at radius 2 is 1.80 bits per heavy atom. The number of aromatic hydroxyl groups is 1. The van der Waals surface area contributed by atoms with E-state index in [2.05, 4.69) is 14.7 Å². The van der Waals surface area contributed by atoms with Crippen LogP contribution in [-0.4, -0.2) is 23.5 Å². The first-order chi connectivity index (χ1) is 9.31. The lowest BCUT2D eigenvalue weighted by molar-refractivity contribution is 0.477. The van der Waals surface area contributed by atoms with E-state index in [1.54, 1.807) is 0 Å². The number of aromatic nitrogens is 2. The molecule has 0 atom stereocenters. The molecule has 2 rings (SSSR count). The van der Waals surface area contributed by atoms with E-state index in [9.17, 15) is 13.5 Å². The molecule has 1 aromatic heterocycles. The van der Waals surface area contributed by atoms with E-state index in [1.165, 1.54) is 6.07 Å². The zero-order valence-corrected chi connectivity index (χ0v) is 12.0. The van der Waals surface area contributed by atoms with Crippen LogP contribution in [0.1, 0.15) is 0 Å². The fraction of sp³-hybridized carbons (Fsp3) is 0. The molecule has 0 saturated carbocycles. The summed E-state index contributed by atoms with van der Waals surface area (Å²) < 4.78 is 26.5. The van der Waals surface area contributed by atoms with Gasteiger partial charge >= 0.3 is 0 Å². The lowest BCUT2D eigenvalue weighted by atomic mass is 10.3. The number of hydrogen-bond donors (Lipinski definition) is 3. The van der Waals surface area contributed by atoms with Gasteiger partial charge in [0, 0.05) is 0 Å². The highest BCUT2D eigenvalue weighted by molar-refractivity contribution is 7.92. The maximum atomic E-state index is 12.1. The first-order valence-corrected chi connectivity index (χ1v) is 7.32. The first kappa shape index (κ1) is 14.6. The first-order valence-electron chi connectivity index (χ1n) is 5.08. The highest BCUT2D eigenvalue weighted by atomic mass is 35.5. The van der Waals surface area contributed by atoms with Crippen molar-refractivity contribution in [2.24, 2.45) is 0 Å². The second-order valence-corrected chi connectivity index (χ2v) is 6.05. The maximum Gasteiger partial charge on any atom is 0.262 e. The summed E-state index contributed by atoms with van der Waals surface area (Å²) in [6, 6.07) is 3.44. The van der Waals surface area contributed by atoms with E-state index in [4.69, 9.17) is 28.9 Å². The Labute approximate surface area is 124 Å². The van der Waals surface area contributed by atoms with E-state index < -0.39 is 10.0 Å². The number of rotatable bonds is 3. The average molecular weight is 335 g/mol. The van der Waals surface area contributed by atoms with Gasteiger partial charge in [0.25, 0.3) is 10.0 Å². The highest BCUT2D eigenvalue weighted by Crippen LogP contribution is 2.29. The van der Waals surface area contributed by atoms with E-state index >= 15 is 0 Å². The Morgan fingerprint density at radius 3 is 2.35 bits per heavy atom. The molecule has 0 aliphatic heterocycles. The van der Waals surface area contributed by atoms with Crippen LogP contribution in [0, 0.1) is 0 Å². The molecular weight excluding hydrogens is 327 g/mol. The summed E-state index contributed by atoms with van der Waals surface area (Å²) in [7, 11) is -3.99. The number of nitrogen functional groups attached to an aromatic ring is 1. The minimum Gasteiger partial charge on any atom is -0.506 e. The third kappa shape index (κ3) is 2.87. The van der Waals surface area contributed by atoms with Gasteiger partial charge in [-0.15, -0.1) is 0 Å². The molecule has 0 amide bonds. The lowest BCUT2D eigenvalue weighted by Crippen LogP contribution is -2.14. The summed E-state index contributed by atoms with van der Waals surface area (Å²) in [4.78, 5) is 7.09. The van der Waals surface area contributed by atoms with Crippen molar-refractivity contribution in [3.05, 3.63) is 34.8 Å². The fourth-order valence-corrected chi connectivity index (χ4v) is 2.95. The summed E-state index contributed by atoms with van der Waals surface area (Å²) >= 11 is 11.5. The molecule has 0 unspecified atom stereocenters. The Hall–Kier alpha value is -1.77. The third-order valence-corrected chi connectivity index (χ3v) is 4.22. The van der Waals surface area contributed by atoms with E-state index in [-0.39, 0.29) is 32.3 Å². The van der Waals surface area contributed by atoms with Crippen molar-refractivity contribution in [2.45, 2.75) is 4.90 Å². The largest absolute Gasteiger partial charge is 0.506 e. The van der Waals surface area contributed by atoms with Crippen LogP contribution in [0.4, 0.5) is 11.4 Å². The van der Waals surface area contributed by atoms with Crippen molar-refractivity contribution >= 4 is 44.6 Å². The van der Waals surface area contributed by atoms with E-state index in [0.717, 1.165) is 18.5 Å². The second-order valence-electron chi connectivity index (χ2n) is 3.66. The Bertz CT molecular complexity index is 747. The Kier molecular flexibility index (Phi) is 3.89. The third-order valence-electron chi connectivity index (χ3n) is 2.30. The van der Waals surface area contributed by atoms with Gasteiger partial charge in [-0.25, -0.2) is 18.4 Å². The second kappa shape index (κ2) is 5.31. The van der Waals surface area contributed by atoms with Crippen LogP contribution in [0.5, 0.6) is 5.75 Å². The lowest BCUT2D eigenvalue weighted by Gasteiger charge is -2.10. The summed E-state index contributed by atoms with van der Waals surface area (Å²) in [5.74, 6) is -0.219. The van der Waals surface area contributed by atoms with Crippen molar-refractivity contribution in [3.63, 3.8) is 0 Å². The average Bonchev–Trinajstić information content (AvgIpc) is 2.37. The number of hydrogen-bond acceptors (Lipinski definition) is 6. The molecule has 1 heterocycles. The molecule has 106 valence electrons. The number of sulfonamides is 1. The van der Waals surface area contributed by atoms with Gasteiger partial charge in [0.2, 0.25) is 0 Å². The van der Waals surface area contributed by atoms with Crippen LogP contribution in [-0.2, 0) is 10.0 Å². The summed E-state index contributed by atoms with van der Waals surface area (Å²) in [6.07, 6.45) is 1.10. The van der Waals surface area contributed by atoms with Crippen LogP contribution < -0.4 is 10.5 Å². The minimum absolute atomic E-state index is 0.0746. The highest BCUT2D eigenvalue weighted by Gasteiger charge is 2.19. The van der Waals surface area contributed by atoms with Crippen LogP contribution in [0.3, 0.4) is 0 Å². The molecule has 0 fully saturated rings. The predicted molar refractivity (Wildman–Crippen MR) is 75.4 cm³/mol. The standard InChI is InChI=1S/C10H8Cl2N4O3S/c11-9-8(10(12)15-4-14-9)16-20(18,19)5-1-2-7(17)6(13)3-5/h1-4,16-17H,13H2. The monoisotopic (exact) mass is 334 g/mol. The summed E-state index contributed by atoms with van der Waals surface area (Å²) in [5.41, 5.74) is 5.24. The molecule has 20 heavy (non-hydrogen) atoms. The molecule has 1 aromatic carbocycles. The van der Waals surface area contributed by atoms with Crippen molar-refractivity contribution in [2.75, 3.05) is 10.5 Å². The molecule has 0 spiro atoms. The number of halogens is 2. The van der Waals surface area contributed by atoms with Gasteiger partial charge in [-0.1, -0.05) is 23.2 Å². The van der Waals surface area contributed by atoms with Gasteiger partial charge in [0.05, 0.1) is 10.6 Å². The molecule has 10 heteroatoms. The van der Waals surface area contributed by atoms with Crippen molar-refractivity contribution in [1.82, 2.24) is 9.97 Å². The molecule has 0 radical (unpaired) electrons. The molecule has 4 N–H and O–H groups in total. The molecule has 0 bridgehead atoms. The molecule has 7 nitrogen and oxygen atoms in total. The maximum absolute atomic E-state index is 12.1. The molecule has 0 aliphatic rings. The topological polar surface area (TPSA) is 118 Å². The minimum atomic E-state index is -3.99. The number of anilines is 2. The van der Waals surface area contributed by atoms with Gasteiger partial charge in [-0.05, 0) is 18.2 Å². The quantitative estimate of drug-likeness (QED) is 0.448. The van der Waals surface area contributed by atoms with Crippen LogP contribution >= 0.6 is 23.2 Å². The van der Waals surface area contributed by atoms with Crippen molar-refractivity contribution < 1.29 is 13.5 Å². The Balaban J connectivity index is 2.43. The van der Waals surface area contributed by atoms with Gasteiger partial charge in [-0.3, -0.25) is 4.72 Å². The number of nitrogens with two attached hydrogens (primary N) is 1. The normalized spacial score (nSPS) is 11.3. The van der Waals surface area contributed by atoms with Gasteiger partial charge in [-0.2, -0.15) is 0 Å². The number of nitrogens with one attached hydrogen (secondary N) is 1. The zero-order valence-electron chi connectivity index (χ0n) is 9.71. The number of phenols is 1. The molecular formula is C10H8Cl2N4O3S. The number of benzene rings is 1. The van der Waals surface area contributed by atoms with Crippen molar-refractivity contribution in [3.8, 4) is 5.75 Å². The van der Waals surface area contributed by atoms with Gasteiger partial charge in [0.15, 0.2) is 10.3 Å². The smallest absolute Gasteiger partial charge is 0.262 e. The van der Waals surface area contributed by atoms with E-state index in [1.807, 2.05) is 0 Å². The van der Waals surface area contributed by atoms with Crippen LogP contribution in [0.15, 0.2) is 29.4 Å². The summed E-state index contributed by atoms with van der Waals surface area (Å²) in [5, 5.41) is 9.01. The van der Waals surface area contributed by atoms with Crippen molar-refractivity contribution in [1.29, 1.82) is 0 Å². The Morgan fingerprint density at radius 1 is 1.20 bits per heavy atom.